The van der Waals surface area contributed by atoms with E-state index in [0.29, 0.717) is 25.2 Å². The molecule has 1 amide bonds. The highest BCUT2D eigenvalue weighted by Crippen LogP contribution is 2.32. The van der Waals surface area contributed by atoms with Crippen molar-refractivity contribution in [3.05, 3.63) is 35.1 Å². The van der Waals surface area contributed by atoms with Gasteiger partial charge in [-0.2, -0.15) is 13.2 Å². The van der Waals surface area contributed by atoms with Gasteiger partial charge in [0.05, 0.1) is 5.56 Å². The Morgan fingerprint density at radius 3 is 2.55 bits per heavy atom. The van der Waals surface area contributed by atoms with Crippen LogP contribution < -0.4 is 5.32 Å². The quantitative estimate of drug-likeness (QED) is 0.797. The summed E-state index contributed by atoms with van der Waals surface area (Å²) in [6.07, 6.45) is -4.82. The van der Waals surface area contributed by atoms with Crippen LogP contribution in [-0.4, -0.2) is 36.0 Å². The van der Waals surface area contributed by atoms with E-state index in [2.05, 4.69) is 5.32 Å². The number of rotatable bonds is 1. The number of carbonyl (C=O) groups excluding carboxylic acids is 1. The Balaban J connectivity index is 0.00000242. The molecule has 8 heteroatoms. The zero-order valence-electron chi connectivity index (χ0n) is 12.1. The monoisotopic (exact) mass is 340 g/mol. The van der Waals surface area contributed by atoms with Gasteiger partial charge in [0, 0.05) is 30.7 Å². The van der Waals surface area contributed by atoms with Crippen LogP contribution in [0.3, 0.4) is 0 Å². The fraction of sp³-hybridized carbons (Fsp3) is 0.500. The van der Waals surface area contributed by atoms with Gasteiger partial charge in [0.25, 0.3) is 5.91 Å². The average molecular weight is 341 g/mol. The van der Waals surface area contributed by atoms with E-state index in [-0.39, 0.29) is 30.1 Å². The SMILES string of the molecule is CC1CN(C(=O)c2ccc(F)c(C(F)(F)F)c2)C(C)CN1.Cl. The van der Waals surface area contributed by atoms with Crippen molar-refractivity contribution >= 4 is 18.3 Å². The standard InChI is InChI=1S/C14H16F4N2O.ClH/c1-8-7-20(9(2)6-19-8)13(21)10-3-4-12(15)11(5-10)14(16,17)18;/h3-5,8-9,19H,6-7H2,1-2H3;1H. The molecule has 2 atom stereocenters. The minimum absolute atomic E-state index is 0. The number of benzene rings is 1. The number of halogens is 5. The topological polar surface area (TPSA) is 32.3 Å². The third-order valence-corrected chi connectivity index (χ3v) is 3.54. The molecule has 1 N–H and O–H groups in total. The van der Waals surface area contributed by atoms with Crippen molar-refractivity contribution in [1.82, 2.24) is 10.2 Å². The Hall–Kier alpha value is -1.34. The number of alkyl halides is 3. The van der Waals surface area contributed by atoms with Crippen molar-refractivity contribution in [3.63, 3.8) is 0 Å². The molecular formula is C14H17ClF4N2O. The summed E-state index contributed by atoms with van der Waals surface area (Å²) in [7, 11) is 0. The second-order valence-corrected chi connectivity index (χ2v) is 5.31. The largest absolute Gasteiger partial charge is 0.419 e. The van der Waals surface area contributed by atoms with E-state index in [0.717, 1.165) is 6.07 Å². The van der Waals surface area contributed by atoms with Crippen LogP contribution in [0.1, 0.15) is 29.8 Å². The summed E-state index contributed by atoms with van der Waals surface area (Å²) in [6.45, 7) is 4.67. The Morgan fingerprint density at radius 2 is 1.95 bits per heavy atom. The normalized spacial score (nSPS) is 22.2. The molecule has 1 saturated heterocycles. The highest BCUT2D eigenvalue weighted by Gasteiger charge is 2.35. The van der Waals surface area contributed by atoms with Crippen molar-refractivity contribution in [2.24, 2.45) is 0 Å². The molecular weight excluding hydrogens is 324 g/mol. The fourth-order valence-electron chi connectivity index (χ4n) is 2.35. The minimum Gasteiger partial charge on any atom is -0.333 e. The number of piperazine rings is 1. The number of nitrogens with zero attached hydrogens (tertiary/aromatic N) is 1. The van der Waals surface area contributed by atoms with E-state index in [4.69, 9.17) is 0 Å². The first-order valence-electron chi connectivity index (χ1n) is 6.61. The molecule has 0 radical (unpaired) electrons. The molecule has 2 rings (SSSR count). The Bertz CT molecular complexity index is 550. The summed E-state index contributed by atoms with van der Waals surface area (Å²) in [5, 5.41) is 3.18. The highest BCUT2D eigenvalue weighted by molar-refractivity contribution is 5.94. The lowest BCUT2D eigenvalue weighted by molar-refractivity contribution is -0.140. The summed E-state index contributed by atoms with van der Waals surface area (Å²) in [4.78, 5) is 13.9. The van der Waals surface area contributed by atoms with E-state index in [9.17, 15) is 22.4 Å². The summed E-state index contributed by atoms with van der Waals surface area (Å²) in [6, 6.07) is 2.29. The van der Waals surface area contributed by atoms with Crippen molar-refractivity contribution in [1.29, 1.82) is 0 Å². The van der Waals surface area contributed by atoms with Crippen LogP contribution in [0, 0.1) is 5.82 Å². The summed E-state index contributed by atoms with van der Waals surface area (Å²) >= 11 is 0. The van der Waals surface area contributed by atoms with Crippen LogP contribution in [0.4, 0.5) is 17.6 Å². The Labute approximate surface area is 132 Å². The van der Waals surface area contributed by atoms with Gasteiger partial charge in [-0.1, -0.05) is 0 Å². The van der Waals surface area contributed by atoms with Crippen LogP contribution >= 0.6 is 12.4 Å². The number of carbonyl (C=O) groups is 1. The van der Waals surface area contributed by atoms with E-state index in [1.54, 1.807) is 0 Å². The predicted molar refractivity (Wildman–Crippen MR) is 76.6 cm³/mol. The van der Waals surface area contributed by atoms with Gasteiger partial charge < -0.3 is 10.2 Å². The first-order chi connectivity index (χ1) is 9.70. The third-order valence-electron chi connectivity index (χ3n) is 3.54. The van der Waals surface area contributed by atoms with Crippen molar-refractivity contribution < 1.29 is 22.4 Å². The van der Waals surface area contributed by atoms with Crippen molar-refractivity contribution in [3.8, 4) is 0 Å². The van der Waals surface area contributed by atoms with Crippen LogP contribution in [0.5, 0.6) is 0 Å². The van der Waals surface area contributed by atoms with Crippen LogP contribution in [0.2, 0.25) is 0 Å². The third kappa shape index (κ3) is 3.89. The zero-order chi connectivity index (χ0) is 15.8. The van der Waals surface area contributed by atoms with Gasteiger partial charge in [-0.3, -0.25) is 4.79 Å². The van der Waals surface area contributed by atoms with Gasteiger partial charge in [0.1, 0.15) is 5.82 Å². The van der Waals surface area contributed by atoms with Gasteiger partial charge in [-0.15, -0.1) is 12.4 Å². The predicted octanol–water partition coefficient (Wildman–Crippen LogP) is 3.09. The summed E-state index contributed by atoms with van der Waals surface area (Å²) < 4.78 is 51.3. The average Bonchev–Trinajstić information content (AvgIpc) is 2.40. The molecule has 1 aliphatic heterocycles. The maximum atomic E-state index is 13.3. The van der Waals surface area contributed by atoms with Gasteiger partial charge in [0.15, 0.2) is 0 Å². The van der Waals surface area contributed by atoms with Crippen molar-refractivity contribution in [2.45, 2.75) is 32.1 Å². The number of amides is 1. The van der Waals surface area contributed by atoms with Gasteiger partial charge in [-0.25, -0.2) is 4.39 Å². The first-order valence-corrected chi connectivity index (χ1v) is 6.61. The van der Waals surface area contributed by atoms with Crippen LogP contribution in [0.25, 0.3) is 0 Å². The second kappa shape index (κ2) is 6.83. The molecule has 0 aliphatic carbocycles. The fourth-order valence-corrected chi connectivity index (χ4v) is 2.35. The first kappa shape index (κ1) is 18.7. The smallest absolute Gasteiger partial charge is 0.333 e. The molecule has 124 valence electrons. The lowest BCUT2D eigenvalue weighted by Crippen LogP contribution is -2.56. The molecule has 2 unspecified atom stereocenters. The molecule has 0 bridgehead atoms. The van der Waals surface area contributed by atoms with E-state index in [1.807, 2.05) is 13.8 Å². The number of hydrogen-bond donors (Lipinski definition) is 1. The van der Waals surface area contributed by atoms with Gasteiger partial charge in [0.2, 0.25) is 0 Å². The van der Waals surface area contributed by atoms with Gasteiger partial charge in [-0.05, 0) is 32.0 Å². The Morgan fingerprint density at radius 1 is 1.32 bits per heavy atom. The van der Waals surface area contributed by atoms with E-state index >= 15 is 0 Å². The van der Waals surface area contributed by atoms with Gasteiger partial charge >= 0.3 is 6.18 Å². The van der Waals surface area contributed by atoms with E-state index in [1.165, 1.54) is 4.90 Å². The van der Waals surface area contributed by atoms with E-state index < -0.39 is 23.5 Å². The maximum absolute atomic E-state index is 13.3. The minimum atomic E-state index is -4.82. The molecule has 1 aliphatic rings. The molecule has 1 aromatic rings. The molecule has 0 spiro atoms. The molecule has 0 aromatic heterocycles. The molecule has 0 saturated carbocycles. The molecule has 22 heavy (non-hydrogen) atoms. The van der Waals surface area contributed by atoms with Crippen molar-refractivity contribution in [2.75, 3.05) is 13.1 Å². The zero-order valence-corrected chi connectivity index (χ0v) is 12.9. The molecule has 3 nitrogen and oxygen atoms in total. The molecule has 1 heterocycles. The molecule has 1 aromatic carbocycles. The lowest BCUT2D eigenvalue weighted by atomic mass is 10.1. The highest BCUT2D eigenvalue weighted by atomic mass is 35.5. The number of hydrogen-bond acceptors (Lipinski definition) is 2. The lowest BCUT2D eigenvalue weighted by Gasteiger charge is -2.37. The summed E-state index contributed by atoms with van der Waals surface area (Å²) in [5.41, 5.74) is -1.56. The Kier molecular flexibility index (Phi) is 5.81. The second-order valence-electron chi connectivity index (χ2n) is 5.31. The maximum Gasteiger partial charge on any atom is 0.419 e. The van der Waals surface area contributed by atoms with Crippen LogP contribution in [-0.2, 0) is 6.18 Å². The summed E-state index contributed by atoms with van der Waals surface area (Å²) in [5.74, 6) is -1.89. The number of nitrogens with one attached hydrogen (secondary N) is 1. The van der Waals surface area contributed by atoms with Crippen LogP contribution in [0.15, 0.2) is 18.2 Å². The molecule has 1 fully saturated rings.